The van der Waals surface area contributed by atoms with Crippen LogP contribution in [0.2, 0.25) is 0 Å². The molecule has 27 heavy (non-hydrogen) atoms. The van der Waals surface area contributed by atoms with Crippen molar-refractivity contribution >= 4 is 10.8 Å². The summed E-state index contributed by atoms with van der Waals surface area (Å²) >= 11 is 0. The predicted molar refractivity (Wildman–Crippen MR) is 116 cm³/mol. The van der Waals surface area contributed by atoms with E-state index < -0.39 is 0 Å². The Morgan fingerprint density at radius 2 is 1.11 bits per heavy atom. The molecule has 0 saturated heterocycles. The Bertz CT molecular complexity index is 1060. The minimum Gasteiger partial charge on any atom is -0.0622 e. The third kappa shape index (κ3) is 2.96. The van der Waals surface area contributed by atoms with Gasteiger partial charge in [-0.2, -0.15) is 0 Å². The fourth-order valence-electron chi connectivity index (χ4n) is 4.74. The topological polar surface area (TPSA) is 0 Å². The van der Waals surface area contributed by atoms with Crippen LogP contribution in [-0.4, -0.2) is 0 Å². The minimum atomic E-state index is 0.673. The molecule has 0 amide bonds. The maximum atomic E-state index is 2.50. The van der Waals surface area contributed by atoms with Crippen LogP contribution in [0.5, 0.6) is 0 Å². The first-order valence-corrected chi connectivity index (χ1v) is 10.1. The summed E-state index contributed by atoms with van der Waals surface area (Å²) in [5, 5.41) is 2.73. The highest BCUT2D eigenvalue weighted by molar-refractivity contribution is 6.06. The van der Waals surface area contributed by atoms with Gasteiger partial charge in [-0.3, -0.25) is 0 Å². The molecule has 0 bridgehead atoms. The maximum Gasteiger partial charge on any atom is -0.00700 e. The molecular weight excluding hydrogens is 324 g/mol. The van der Waals surface area contributed by atoms with Crippen molar-refractivity contribution in [1.29, 1.82) is 0 Å². The van der Waals surface area contributed by atoms with Gasteiger partial charge in [-0.25, -0.2) is 0 Å². The van der Waals surface area contributed by atoms with E-state index >= 15 is 0 Å². The van der Waals surface area contributed by atoms with Gasteiger partial charge in [0.05, 0.1) is 0 Å². The van der Waals surface area contributed by atoms with Gasteiger partial charge >= 0.3 is 0 Å². The Morgan fingerprint density at radius 3 is 1.78 bits per heavy atom. The summed E-state index contributed by atoms with van der Waals surface area (Å²) in [6, 6.07) is 33.3. The van der Waals surface area contributed by atoms with Crippen molar-refractivity contribution in [3.8, 4) is 22.3 Å². The highest BCUT2D eigenvalue weighted by atomic mass is 14.3. The van der Waals surface area contributed by atoms with Crippen LogP contribution >= 0.6 is 0 Å². The number of rotatable bonds is 3. The van der Waals surface area contributed by atoms with Crippen molar-refractivity contribution in [2.75, 3.05) is 0 Å². The largest absolute Gasteiger partial charge is 0.0622 e. The van der Waals surface area contributed by atoms with Gasteiger partial charge in [0.15, 0.2) is 0 Å². The van der Waals surface area contributed by atoms with Crippen LogP contribution in [0.15, 0.2) is 91.0 Å². The lowest BCUT2D eigenvalue weighted by Gasteiger charge is -2.21. The van der Waals surface area contributed by atoms with Crippen LogP contribution in [0.1, 0.15) is 37.2 Å². The standard InChI is InChI=1S/C27H24/c1-3-11-20(12-4-1)25-19-26(21-13-7-8-14-21)27(22-15-5-2-6-16-22)24-18-10-9-17-23(24)25/h1-6,9-12,15-19,21H,7-8,13-14H2. The van der Waals surface area contributed by atoms with Crippen LogP contribution < -0.4 is 0 Å². The molecule has 1 fully saturated rings. The summed E-state index contributed by atoms with van der Waals surface area (Å²) in [5.41, 5.74) is 7.00. The lowest BCUT2D eigenvalue weighted by atomic mass is 9.83. The number of benzene rings is 4. The van der Waals surface area contributed by atoms with E-state index in [4.69, 9.17) is 0 Å². The molecule has 1 aliphatic carbocycles. The second-order valence-corrected chi connectivity index (χ2v) is 7.65. The first-order valence-electron chi connectivity index (χ1n) is 10.1. The fourth-order valence-corrected chi connectivity index (χ4v) is 4.74. The van der Waals surface area contributed by atoms with E-state index in [1.54, 1.807) is 0 Å². The summed E-state index contributed by atoms with van der Waals surface area (Å²) in [6.45, 7) is 0. The average molecular weight is 348 g/mol. The molecule has 0 heteroatoms. The quantitative estimate of drug-likeness (QED) is 0.354. The molecule has 1 aliphatic rings. The van der Waals surface area contributed by atoms with Crippen molar-refractivity contribution in [3.05, 3.63) is 96.6 Å². The molecule has 1 saturated carbocycles. The van der Waals surface area contributed by atoms with Gasteiger partial charge in [0.1, 0.15) is 0 Å². The van der Waals surface area contributed by atoms with Crippen molar-refractivity contribution in [3.63, 3.8) is 0 Å². The molecule has 0 spiro atoms. The first-order chi connectivity index (χ1) is 13.4. The molecule has 0 radical (unpaired) electrons. The van der Waals surface area contributed by atoms with E-state index in [1.165, 1.54) is 64.3 Å². The summed E-state index contributed by atoms with van der Waals surface area (Å²) in [4.78, 5) is 0. The van der Waals surface area contributed by atoms with Gasteiger partial charge in [-0.05, 0) is 63.4 Å². The summed E-state index contributed by atoms with van der Waals surface area (Å²) in [7, 11) is 0. The molecule has 0 aliphatic heterocycles. The summed E-state index contributed by atoms with van der Waals surface area (Å²) in [5.74, 6) is 0.673. The van der Waals surface area contributed by atoms with E-state index in [1.807, 2.05) is 0 Å². The second-order valence-electron chi connectivity index (χ2n) is 7.65. The molecular formula is C27H24. The van der Waals surface area contributed by atoms with Crippen molar-refractivity contribution in [1.82, 2.24) is 0 Å². The highest BCUT2D eigenvalue weighted by Crippen LogP contribution is 2.45. The number of hydrogen-bond acceptors (Lipinski definition) is 0. The average Bonchev–Trinajstić information content (AvgIpc) is 3.28. The molecule has 0 aromatic heterocycles. The van der Waals surface area contributed by atoms with E-state index in [0.29, 0.717) is 5.92 Å². The Hall–Kier alpha value is -2.86. The lowest BCUT2D eigenvalue weighted by Crippen LogP contribution is -1.99. The number of fused-ring (bicyclic) bond motifs is 1. The zero-order valence-electron chi connectivity index (χ0n) is 15.6. The Balaban J connectivity index is 1.86. The van der Waals surface area contributed by atoms with Crippen LogP contribution in [0.4, 0.5) is 0 Å². The first kappa shape index (κ1) is 16.3. The molecule has 0 N–H and O–H groups in total. The molecule has 4 aromatic carbocycles. The van der Waals surface area contributed by atoms with Gasteiger partial charge in [0.25, 0.3) is 0 Å². The predicted octanol–water partition coefficient (Wildman–Crippen LogP) is 7.83. The maximum absolute atomic E-state index is 2.50. The van der Waals surface area contributed by atoms with Gasteiger partial charge in [0.2, 0.25) is 0 Å². The molecule has 0 nitrogen and oxygen atoms in total. The zero-order valence-corrected chi connectivity index (χ0v) is 15.6. The smallest absolute Gasteiger partial charge is 0.00700 e. The Kier molecular flexibility index (Phi) is 4.26. The Morgan fingerprint density at radius 1 is 0.556 bits per heavy atom. The van der Waals surface area contributed by atoms with E-state index in [0.717, 1.165) is 0 Å². The van der Waals surface area contributed by atoms with Crippen LogP contribution in [-0.2, 0) is 0 Å². The third-order valence-electron chi connectivity index (χ3n) is 6.02. The molecule has 0 unspecified atom stereocenters. The zero-order chi connectivity index (χ0) is 18.1. The lowest BCUT2D eigenvalue weighted by molar-refractivity contribution is 0.726. The van der Waals surface area contributed by atoms with Crippen molar-refractivity contribution in [2.45, 2.75) is 31.6 Å². The van der Waals surface area contributed by atoms with Crippen molar-refractivity contribution in [2.24, 2.45) is 0 Å². The van der Waals surface area contributed by atoms with E-state index in [9.17, 15) is 0 Å². The SMILES string of the molecule is c1ccc(-c2cc(C3CCCC3)c(-c3ccccc3)c3ccccc23)cc1. The molecule has 5 rings (SSSR count). The van der Waals surface area contributed by atoms with Gasteiger partial charge in [-0.1, -0.05) is 97.8 Å². The van der Waals surface area contributed by atoms with Gasteiger partial charge in [0, 0.05) is 0 Å². The summed E-state index contributed by atoms with van der Waals surface area (Å²) < 4.78 is 0. The fraction of sp³-hybridized carbons (Fsp3) is 0.185. The highest BCUT2D eigenvalue weighted by Gasteiger charge is 2.23. The van der Waals surface area contributed by atoms with Crippen molar-refractivity contribution < 1.29 is 0 Å². The normalized spacial score (nSPS) is 14.7. The van der Waals surface area contributed by atoms with E-state index in [-0.39, 0.29) is 0 Å². The molecule has 0 heterocycles. The van der Waals surface area contributed by atoms with Crippen LogP contribution in [0, 0.1) is 0 Å². The monoisotopic (exact) mass is 348 g/mol. The van der Waals surface area contributed by atoms with Gasteiger partial charge < -0.3 is 0 Å². The minimum absolute atomic E-state index is 0.673. The van der Waals surface area contributed by atoms with Gasteiger partial charge in [-0.15, -0.1) is 0 Å². The third-order valence-corrected chi connectivity index (χ3v) is 6.02. The molecule has 0 atom stereocenters. The van der Waals surface area contributed by atoms with E-state index in [2.05, 4.69) is 91.0 Å². The van der Waals surface area contributed by atoms with Crippen LogP contribution in [0.25, 0.3) is 33.0 Å². The number of hydrogen-bond donors (Lipinski definition) is 0. The Labute approximate surface area is 161 Å². The molecule has 132 valence electrons. The molecule has 4 aromatic rings. The summed E-state index contributed by atoms with van der Waals surface area (Å²) in [6.07, 6.45) is 5.33. The van der Waals surface area contributed by atoms with Crippen LogP contribution in [0.3, 0.4) is 0 Å². The second kappa shape index (κ2) is 7.04.